The summed E-state index contributed by atoms with van der Waals surface area (Å²) < 4.78 is 0. The van der Waals surface area contributed by atoms with E-state index in [4.69, 9.17) is 11.6 Å². The van der Waals surface area contributed by atoms with E-state index in [1.807, 2.05) is 37.3 Å². The van der Waals surface area contributed by atoms with E-state index in [9.17, 15) is 15.2 Å². The third kappa shape index (κ3) is 3.58. The molecule has 0 aromatic heterocycles. The molecule has 0 saturated heterocycles. The summed E-state index contributed by atoms with van der Waals surface area (Å²) in [4.78, 5) is 14.3. The highest BCUT2D eigenvalue weighted by molar-refractivity contribution is 6.31. The van der Waals surface area contributed by atoms with Crippen molar-refractivity contribution in [1.82, 2.24) is 0 Å². The van der Waals surface area contributed by atoms with E-state index < -0.39 is 16.4 Å². The maximum absolute atomic E-state index is 11.9. The Balaban J connectivity index is 2.31. The van der Waals surface area contributed by atoms with E-state index in [1.54, 1.807) is 0 Å². The summed E-state index contributed by atoms with van der Waals surface area (Å²) in [6.45, 7) is 1.87. The number of rotatable bonds is 4. The smallest absolute Gasteiger partial charge is 0.263 e. The molecule has 2 rings (SSSR count). The molecule has 0 aliphatic rings. The Morgan fingerprint density at radius 2 is 1.95 bits per heavy atom. The van der Waals surface area contributed by atoms with Crippen LogP contribution in [0.25, 0.3) is 0 Å². The Labute approximate surface area is 126 Å². The Bertz CT molecular complexity index is 687. The normalized spacial score (nSPS) is 12.5. The lowest BCUT2D eigenvalue weighted by molar-refractivity contribution is -0.398. The number of nitro groups is 1. The van der Waals surface area contributed by atoms with Crippen molar-refractivity contribution in [3.63, 3.8) is 0 Å². The van der Waals surface area contributed by atoms with E-state index in [2.05, 4.69) is 4.99 Å². The monoisotopic (exact) mass is 303 g/mol. The average Bonchev–Trinajstić information content (AvgIpc) is 2.48. The van der Waals surface area contributed by atoms with E-state index in [-0.39, 0.29) is 16.6 Å². The highest BCUT2D eigenvalue weighted by Crippen LogP contribution is 2.30. The van der Waals surface area contributed by atoms with Gasteiger partial charge in [-0.05, 0) is 29.9 Å². The van der Waals surface area contributed by atoms with Crippen LogP contribution in [0.2, 0.25) is 5.02 Å². The van der Waals surface area contributed by atoms with Gasteiger partial charge in [-0.25, -0.2) is 0 Å². The molecule has 0 radical (unpaired) electrons. The summed E-state index contributed by atoms with van der Waals surface area (Å²) in [6, 6.07) is 11.8. The predicted molar refractivity (Wildman–Crippen MR) is 80.0 cm³/mol. The zero-order valence-corrected chi connectivity index (χ0v) is 11.9. The molecule has 1 atom stereocenters. The molecule has 0 bridgehead atoms. The molecule has 0 fully saturated rings. The molecule has 0 spiro atoms. The van der Waals surface area contributed by atoms with Crippen LogP contribution < -0.4 is 5.11 Å². The third-order valence-electron chi connectivity index (χ3n) is 2.98. The highest BCUT2D eigenvalue weighted by atomic mass is 35.5. The van der Waals surface area contributed by atoms with Crippen LogP contribution in [0, 0.1) is 10.1 Å². The molecular formula is C15H12ClN2O3-. The van der Waals surface area contributed by atoms with Crippen LogP contribution in [0.15, 0.2) is 47.5 Å². The number of nitrogens with zero attached hydrogens (tertiary/aromatic N) is 2. The van der Waals surface area contributed by atoms with Crippen molar-refractivity contribution in [3.8, 4) is 5.75 Å². The highest BCUT2D eigenvalue weighted by Gasteiger charge is 2.11. The van der Waals surface area contributed by atoms with Crippen molar-refractivity contribution in [2.45, 2.75) is 13.0 Å². The van der Waals surface area contributed by atoms with Gasteiger partial charge in [-0.3, -0.25) is 15.1 Å². The molecule has 2 aromatic carbocycles. The summed E-state index contributed by atoms with van der Waals surface area (Å²) >= 11 is 5.79. The average molecular weight is 304 g/mol. The predicted octanol–water partition coefficient (Wildman–Crippen LogP) is 3.50. The fourth-order valence-corrected chi connectivity index (χ4v) is 2.06. The van der Waals surface area contributed by atoms with Gasteiger partial charge >= 0.3 is 0 Å². The van der Waals surface area contributed by atoms with Crippen LogP contribution in [0.4, 0.5) is 5.69 Å². The molecule has 0 N–H and O–H groups in total. The quantitative estimate of drug-likeness (QED) is 0.492. The third-order valence-corrected chi connectivity index (χ3v) is 3.20. The fraction of sp³-hybridized carbons (Fsp3) is 0.133. The Kier molecular flexibility index (Phi) is 4.55. The van der Waals surface area contributed by atoms with E-state index in [1.165, 1.54) is 12.3 Å². The van der Waals surface area contributed by atoms with Gasteiger partial charge in [0, 0.05) is 17.3 Å². The van der Waals surface area contributed by atoms with Crippen LogP contribution in [0.3, 0.4) is 0 Å². The van der Waals surface area contributed by atoms with Gasteiger partial charge in [0.05, 0.1) is 11.0 Å². The molecule has 6 heteroatoms. The first-order valence-electron chi connectivity index (χ1n) is 6.22. The molecule has 0 unspecified atom stereocenters. The van der Waals surface area contributed by atoms with E-state index in [0.29, 0.717) is 0 Å². The van der Waals surface area contributed by atoms with Crippen molar-refractivity contribution >= 4 is 23.5 Å². The number of halogens is 1. The number of benzene rings is 2. The number of hydrogen-bond acceptors (Lipinski definition) is 4. The number of nitro benzene ring substituents is 1. The molecule has 0 amide bonds. The maximum atomic E-state index is 11.9. The van der Waals surface area contributed by atoms with Gasteiger partial charge in [0.2, 0.25) is 0 Å². The standard InChI is InChI=1S/C15H13ClN2O3/c1-10(11-5-3-2-4-6-11)17-9-12-7-13(16)8-14(15(12)19)18(20)21/h2-10,19H,1H3/p-1/t10-/m1/s1. The van der Waals surface area contributed by atoms with Crippen molar-refractivity contribution in [2.24, 2.45) is 4.99 Å². The molecule has 2 aromatic rings. The summed E-state index contributed by atoms with van der Waals surface area (Å²) in [7, 11) is 0. The van der Waals surface area contributed by atoms with Gasteiger partial charge in [0.25, 0.3) is 5.69 Å². The first kappa shape index (κ1) is 15.0. The van der Waals surface area contributed by atoms with E-state index >= 15 is 0 Å². The molecule has 108 valence electrons. The maximum Gasteiger partial charge on any atom is 0.263 e. The minimum atomic E-state index is -0.744. The second-order valence-electron chi connectivity index (χ2n) is 4.47. The molecular weight excluding hydrogens is 292 g/mol. The largest absolute Gasteiger partial charge is 0.867 e. The minimum Gasteiger partial charge on any atom is -0.867 e. The summed E-state index contributed by atoms with van der Waals surface area (Å²) in [5.74, 6) is -0.687. The zero-order chi connectivity index (χ0) is 15.4. The Morgan fingerprint density at radius 3 is 2.57 bits per heavy atom. The van der Waals surface area contributed by atoms with Crippen molar-refractivity contribution in [3.05, 3.63) is 68.7 Å². The SMILES string of the molecule is C[C@@H](N=Cc1cc(Cl)cc([N+](=O)[O-])c1[O-])c1ccccc1. The second kappa shape index (κ2) is 6.37. The second-order valence-corrected chi connectivity index (χ2v) is 4.90. The van der Waals surface area contributed by atoms with Crippen LogP contribution >= 0.6 is 11.6 Å². The van der Waals surface area contributed by atoms with Crippen LogP contribution in [-0.2, 0) is 0 Å². The summed E-state index contributed by atoms with van der Waals surface area (Å²) in [5.41, 5.74) is 0.547. The van der Waals surface area contributed by atoms with Gasteiger partial charge in [0.15, 0.2) is 0 Å². The summed E-state index contributed by atoms with van der Waals surface area (Å²) in [5, 5.41) is 22.8. The Morgan fingerprint density at radius 1 is 1.29 bits per heavy atom. The molecule has 0 heterocycles. The lowest BCUT2D eigenvalue weighted by Crippen LogP contribution is -2.02. The number of hydrogen-bond donors (Lipinski definition) is 0. The van der Waals surface area contributed by atoms with Gasteiger partial charge in [-0.15, -0.1) is 0 Å². The van der Waals surface area contributed by atoms with Crippen molar-refractivity contribution < 1.29 is 10.0 Å². The van der Waals surface area contributed by atoms with Crippen molar-refractivity contribution in [1.29, 1.82) is 0 Å². The first-order chi connectivity index (χ1) is 9.99. The molecule has 0 saturated carbocycles. The molecule has 0 aliphatic heterocycles. The van der Waals surface area contributed by atoms with Crippen LogP contribution in [-0.4, -0.2) is 11.1 Å². The van der Waals surface area contributed by atoms with E-state index in [0.717, 1.165) is 11.6 Å². The zero-order valence-electron chi connectivity index (χ0n) is 11.2. The van der Waals surface area contributed by atoms with Crippen LogP contribution in [0.1, 0.15) is 24.1 Å². The molecule has 0 aliphatic carbocycles. The molecule has 5 nitrogen and oxygen atoms in total. The summed E-state index contributed by atoms with van der Waals surface area (Å²) in [6.07, 6.45) is 1.33. The molecule has 21 heavy (non-hydrogen) atoms. The Hall–Kier alpha value is -2.40. The first-order valence-corrected chi connectivity index (χ1v) is 6.60. The van der Waals surface area contributed by atoms with Gasteiger partial charge in [-0.1, -0.05) is 41.9 Å². The van der Waals surface area contributed by atoms with Gasteiger partial charge in [0.1, 0.15) is 0 Å². The lowest BCUT2D eigenvalue weighted by atomic mass is 10.1. The minimum absolute atomic E-state index is 0.108. The lowest BCUT2D eigenvalue weighted by Gasteiger charge is -2.12. The fourth-order valence-electron chi connectivity index (χ4n) is 1.84. The topological polar surface area (TPSA) is 78.6 Å². The van der Waals surface area contributed by atoms with Crippen molar-refractivity contribution in [2.75, 3.05) is 0 Å². The van der Waals surface area contributed by atoms with Gasteiger partial charge in [-0.2, -0.15) is 0 Å². The van der Waals surface area contributed by atoms with Gasteiger partial charge < -0.3 is 5.11 Å². The van der Waals surface area contributed by atoms with Crippen LogP contribution in [0.5, 0.6) is 5.75 Å². The number of aliphatic imine (C=N–C) groups is 1.